The van der Waals surface area contributed by atoms with Crippen LogP contribution in [-0.2, 0) is 16.4 Å². The summed E-state index contributed by atoms with van der Waals surface area (Å²) in [4.78, 5) is 4.71. The summed E-state index contributed by atoms with van der Waals surface area (Å²) in [5, 5.41) is 10.3. The summed E-state index contributed by atoms with van der Waals surface area (Å²) >= 11 is 1.29. The van der Waals surface area contributed by atoms with Gasteiger partial charge in [-0.2, -0.15) is 9.64 Å². The van der Waals surface area contributed by atoms with Gasteiger partial charge >= 0.3 is 0 Å². The van der Waals surface area contributed by atoms with E-state index in [1.165, 1.54) is 17.8 Å². The van der Waals surface area contributed by atoms with E-state index in [9.17, 15) is 13.7 Å². The van der Waals surface area contributed by atoms with Crippen molar-refractivity contribution in [3.8, 4) is 33.8 Å². The molecule has 1 aromatic heterocycles. The van der Waals surface area contributed by atoms with Crippen molar-refractivity contribution in [1.82, 2.24) is 14.1 Å². The Labute approximate surface area is 185 Å². The van der Waals surface area contributed by atoms with E-state index < -0.39 is 10.0 Å². The van der Waals surface area contributed by atoms with E-state index in [2.05, 4.69) is 15.2 Å². The van der Waals surface area contributed by atoms with Crippen LogP contribution in [0.1, 0.15) is 43.0 Å². The van der Waals surface area contributed by atoms with E-state index in [0.717, 1.165) is 33.7 Å². The summed E-state index contributed by atoms with van der Waals surface area (Å²) in [6.45, 7) is 3.83. The van der Waals surface area contributed by atoms with Gasteiger partial charge in [0.25, 0.3) is 0 Å². The summed E-state index contributed by atoms with van der Waals surface area (Å²) in [5.74, 6) is 1.09. The minimum atomic E-state index is -3.29. The van der Waals surface area contributed by atoms with Crippen LogP contribution in [0.4, 0.5) is 0 Å². The Balaban J connectivity index is 1.66. The van der Waals surface area contributed by atoms with Crippen LogP contribution < -0.4 is 9.46 Å². The second-order valence-electron chi connectivity index (χ2n) is 7.77. The lowest BCUT2D eigenvalue weighted by atomic mass is 10.0. The summed E-state index contributed by atoms with van der Waals surface area (Å²) in [5.41, 5.74) is 4.25. The van der Waals surface area contributed by atoms with Crippen molar-refractivity contribution in [1.29, 1.82) is 5.26 Å². The largest absolute Gasteiger partial charge is 0.490 e. The number of benzene rings is 2. The monoisotopic (exact) mass is 454 g/mol. The molecule has 0 radical (unpaired) electrons. The molecule has 0 amide bonds. The number of aromatic nitrogens is 2. The number of rotatable bonds is 6. The third-order valence-electron chi connectivity index (χ3n) is 5.00. The van der Waals surface area contributed by atoms with Crippen molar-refractivity contribution in [3.05, 3.63) is 53.1 Å². The fraction of sp³-hybridized carbons (Fsp3) is 0.318. The highest BCUT2D eigenvalue weighted by Gasteiger charge is 2.28. The predicted octanol–water partition coefficient (Wildman–Crippen LogP) is 4.07. The first-order valence-corrected chi connectivity index (χ1v) is 12.6. The number of nitriles is 1. The van der Waals surface area contributed by atoms with Crippen molar-refractivity contribution >= 4 is 21.6 Å². The zero-order chi connectivity index (χ0) is 22.2. The molecule has 3 aromatic rings. The van der Waals surface area contributed by atoms with Gasteiger partial charge in [0.1, 0.15) is 16.8 Å². The molecule has 4 rings (SSSR count). The van der Waals surface area contributed by atoms with Gasteiger partial charge in [-0.25, -0.2) is 18.1 Å². The number of nitrogens with one attached hydrogen (secondary N) is 1. The average molecular weight is 455 g/mol. The van der Waals surface area contributed by atoms with Crippen LogP contribution in [0.3, 0.4) is 0 Å². The van der Waals surface area contributed by atoms with E-state index in [0.29, 0.717) is 23.6 Å². The van der Waals surface area contributed by atoms with Crippen LogP contribution >= 0.6 is 11.5 Å². The molecule has 0 saturated carbocycles. The fourth-order valence-corrected chi connectivity index (χ4v) is 5.30. The van der Waals surface area contributed by atoms with Crippen LogP contribution in [0.25, 0.3) is 22.0 Å². The van der Waals surface area contributed by atoms with Crippen molar-refractivity contribution in [2.45, 2.75) is 38.8 Å². The molecular weight excluding hydrogens is 432 g/mol. The van der Waals surface area contributed by atoms with E-state index >= 15 is 0 Å². The molecule has 0 unspecified atom stereocenters. The smallest absolute Gasteiger partial charge is 0.209 e. The fourth-order valence-electron chi connectivity index (χ4n) is 3.80. The van der Waals surface area contributed by atoms with Gasteiger partial charge in [-0.3, -0.25) is 0 Å². The highest BCUT2D eigenvalue weighted by molar-refractivity contribution is 7.88. The molecule has 0 fully saturated rings. The first-order chi connectivity index (χ1) is 14.7. The Morgan fingerprint density at radius 1 is 1.29 bits per heavy atom. The lowest BCUT2D eigenvalue weighted by molar-refractivity contribution is 0.242. The number of ether oxygens (including phenoxy) is 1. The molecule has 1 N–H and O–H groups in total. The van der Waals surface area contributed by atoms with Crippen LogP contribution in [0.15, 0.2) is 36.4 Å². The summed E-state index contributed by atoms with van der Waals surface area (Å²) in [6.07, 6.45) is 2.64. The van der Waals surface area contributed by atoms with Gasteiger partial charge < -0.3 is 4.74 Å². The SMILES string of the molecule is CC(C)Oc1ccc(-c2nsc(-c3cccc4c3CC[C@@H]4NS(C)(=O)=O)n2)cc1C#N. The first kappa shape index (κ1) is 21.4. The van der Waals surface area contributed by atoms with E-state index in [1.54, 1.807) is 12.1 Å². The van der Waals surface area contributed by atoms with Gasteiger partial charge in [0.05, 0.1) is 17.9 Å². The third kappa shape index (κ3) is 4.61. The van der Waals surface area contributed by atoms with Gasteiger partial charge in [-0.15, -0.1) is 0 Å². The Bertz CT molecular complexity index is 1280. The van der Waals surface area contributed by atoms with E-state index in [4.69, 9.17) is 9.72 Å². The number of nitrogens with zero attached hydrogens (tertiary/aromatic N) is 3. The molecule has 0 bridgehead atoms. The van der Waals surface area contributed by atoms with Gasteiger partial charge in [0.15, 0.2) is 5.82 Å². The van der Waals surface area contributed by atoms with Gasteiger partial charge in [-0.05, 0) is 67.5 Å². The molecule has 7 nitrogen and oxygen atoms in total. The number of hydrogen-bond donors (Lipinski definition) is 1. The molecule has 9 heteroatoms. The Hall–Kier alpha value is -2.80. The van der Waals surface area contributed by atoms with Crippen LogP contribution in [0, 0.1) is 11.3 Å². The summed E-state index contributed by atoms with van der Waals surface area (Å²) in [6, 6.07) is 13.2. The molecule has 0 aliphatic heterocycles. The van der Waals surface area contributed by atoms with Crippen molar-refractivity contribution < 1.29 is 13.2 Å². The zero-order valence-electron chi connectivity index (χ0n) is 17.4. The molecule has 1 aliphatic carbocycles. The second kappa shape index (κ2) is 8.38. The minimum Gasteiger partial charge on any atom is -0.490 e. The molecule has 1 heterocycles. The predicted molar refractivity (Wildman–Crippen MR) is 120 cm³/mol. The quantitative estimate of drug-likeness (QED) is 0.602. The second-order valence-corrected chi connectivity index (χ2v) is 10.3. The molecule has 1 atom stereocenters. The highest BCUT2D eigenvalue weighted by Crippen LogP contribution is 2.39. The van der Waals surface area contributed by atoms with Crippen molar-refractivity contribution in [2.75, 3.05) is 6.26 Å². The number of sulfonamides is 1. The van der Waals surface area contributed by atoms with Crippen molar-refractivity contribution in [2.24, 2.45) is 0 Å². The standard InChI is InChI=1S/C22H22N4O3S2/c1-13(2)29-20-10-7-14(11-15(20)12-23)21-24-22(30-25-21)18-6-4-5-17-16(18)8-9-19(17)26-31(3,27)28/h4-7,10-11,13,19,26H,8-9H2,1-3H3/t19-/m0/s1. The summed E-state index contributed by atoms with van der Waals surface area (Å²) < 4.78 is 36.3. The summed E-state index contributed by atoms with van der Waals surface area (Å²) in [7, 11) is -3.29. The third-order valence-corrected chi connectivity index (χ3v) is 6.47. The highest BCUT2D eigenvalue weighted by atomic mass is 32.2. The molecule has 0 spiro atoms. The molecule has 31 heavy (non-hydrogen) atoms. The maximum Gasteiger partial charge on any atom is 0.209 e. The maximum absolute atomic E-state index is 11.7. The first-order valence-electron chi connectivity index (χ1n) is 9.89. The zero-order valence-corrected chi connectivity index (χ0v) is 19.0. The Morgan fingerprint density at radius 2 is 2.10 bits per heavy atom. The van der Waals surface area contributed by atoms with Gasteiger partial charge in [-0.1, -0.05) is 18.2 Å². The van der Waals surface area contributed by atoms with Gasteiger partial charge in [0, 0.05) is 17.2 Å². The maximum atomic E-state index is 11.7. The van der Waals surface area contributed by atoms with Crippen molar-refractivity contribution in [3.63, 3.8) is 0 Å². The van der Waals surface area contributed by atoms with E-state index in [1.807, 2.05) is 38.1 Å². The molecule has 2 aromatic carbocycles. The molecule has 0 saturated heterocycles. The molecular formula is C22H22N4O3S2. The molecule has 1 aliphatic rings. The molecule has 160 valence electrons. The Morgan fingerprint density at radius 3 is 2.81 bits per heavy atom. The van der Waals surface area contributed by atoms with Crippen LogP contribution in [-0.4, -0.2) is 30.1 Å². The van der Waals surface area contributed by atoms with Crippen LogP contribution in [0.5, 0.6) is 5.75 Å². The Kier molecular flexibility index (Phi) is 5.79. The normalized spacial score (nSPS) is 15.6. The topological polar surface area (TPSA) is 105 Å². The number of fused-ring (bicyclic) bond motifs is 1. The minimum absolute atomic E-state index is 0.0249. The average Bonchev–Trinajstić information content (AvgIpc) is 3.34. The van der Waals surface area contributed by atoms with E-state index in [-0.39, 0.29) is 12.1 Å². The lowest BCUT2D eigenvalue weighted by Gasteiger charge is -2.12. The van der Waals surface area contributed by atoms with Gasteiger partial charge in [0.2, 0.25) is 10.0 Å². The van der Waals surface area contributed by atoms with Crippen LogP contribution in [0.2, 0.25) is 0 Å². The number of hydrogen-bond acceptors (Lipinski definition) is 7. The lowest BCUT2D eigenvalue weighted by Crippen LogP contribution is -2.25.